The fourth-order valence-electron chi connectivity index (χ4n) is 4.09. The number of hydrogen-bond donors (Lipinski definition) is 0. The average molecular weight is 333 g/mol. The summed E-state index contributed by atoms with van der Waals surface area (Å²) in [6.45, 7) is 6.08. The molecule has 0 unspecified atom stereocenters. The van der Waals surface area contributed by atoms with Crippen molar-refractivity contribution >= 4 is 10.8 Å². The molecule has 0 heteroatoms. The van der Waals surface area contributed by atoms with Gasteiger partial charge in [-0.3, -0.25) is 0 Å². The molecule has 0 spiro atoms. The van der Waals surface area contributed by atoms with Crippen molar-refractivity contribution in [2.24, 2.45) is 5.92 Å². The van der Waals surface area contributed by atoms with Gasteiger partial charge in [-0.05, 0) is 78.7 Å². The number of allylic oxidation sites excluding steroid dienone is 3. The summed E-state index contributed by atoms with van der Waals surface area (Å²) in [6, 6.07) is 14.1. The third kappa shape index (κ3) is 4.84. The van der Waals surface area contributed by atoms with Crippen LogP contribution in [0.3, 0.4) is 0 Å². The van der Waals surface area contributed by atoms with Crippen LogP contribution in [0.5, 0.6) is 0 Å². The maximum absolute atomic E-state index is 3.82. The number of rotatable bonds is 7. The molecule has 1 saturated carbocycles. The highest BCUT2D eigenvalue weighted by Gasteiger charge is 2.20. The molecule has 3 rings (SSSR count). The van der Waals surface area contributed by atoms with Gasteiger partial charge in [-0.2, -0.15) is 0 Å². The minimum atomic E-state index is 0.751. The number of aryl methyl sites for hydroxylation is 1. The lowest BCUT2D eigenvalue weighted by atomic mass is 9.78. The van der Waals surface area contributed by atoms with E-state index in [1.54, 1.807) is 5.56 Å². The van der Waals surface area contributed by atoms with Crippen molar-refractivity contribution in [3.63, 3.8) is 0 Å². The van der Waals surface area contributed by atoms with Gasteiger partial charge in [0, 0.05) is 0 Å². The Kier molecular flexibility index (Phi) is 6.50. The standard InChI is InChI=1S/C25H32/c1-3-5-7-9-20-10-13-22(14-11-20)24-17-16-23-18-21(8-6-4-2)12-15-25(23)19-24/h4,7,9,12,15-20,22H,2-3,5-6,8,10-11,13-14H2,1H3/b9-7+. The zero-order valence-electron chi connectivity index (χ0n) is 15.7. The van der Waals surface area contributed by atoms with Crippen LogP contribution in [-0.2, 0) is 6.42 Å². The molecule has 0 amide bonds. The lowest BCUT2D eigenvalue weighted by molar-refractivity contribution is 0.375. The van der Waals surface area contributed by atoms with Crippen molar-refractivity contribution < 1.29 is 0 Å². The highest BCUT2D eigenvalue weighted by Crippen LogP contribution is 2.37. The van der Waals surface area contributed by atoms with Crippen LogP contribution in [0, 0.1) is 5.92 Å². The summed E-state index contributed by atoms with van der Waals surface area (Å²) in [7, 11) is 0. The van der Waals surface area contributed by atoms with Crippen LogP contribution >= 0.6 is 0 Å². The minimum absolute atomic E-state index is 0.751. The van der Waals surface area contributed by atoms with Gasteiger partial charge >= 0.3 is 0 Å². The number of unbranched alkanes of at least 4 members (excludes halogenated alkanes) is 1. The maximum Gasteiger partial charge on any atom is -0.0161 e. The summed E-state index contributed by atoms with van der Waals surface area (Å²) in [5, 5.41) is 2.77. The van der Waals surface area contributed by atoms with E-state index in [9.17, 15) is 0 Å². The van der Waals surface area contributed by atoms with E-state index in [2.05, 4.69) is 62.1 Å². The Balaban J connectivity index is 1.65. The lowest BCUT2D eigenvalue weighted by Crippen LogP contribution is -2.11. The van der Waals surface area contributed by atoms with Crippen LogP contribution in [-0.4, -0.2) is 0 Å². The first kappa shape index (κ1) is 18.0. The summed E-state index contributed by atoms with van der Waals surface area (Å²) in [6.07, 6.45) is 16.9. The van der Waals surface area contributed by atoms with Gasteiger partial charge in [-0.1, -0.05) is 68.0 Å². The first-order chi connectivity index (χ1) is 12.3. The molecule has 0 N–H and O–H groups in total. The smallest absolute Gasteiger partial charge is 0.0161 e. The van der Waals surface area contributed by atoms with Crippen LogP contribution in [0.15, 0.2) is 61.2 Å². The molecule has 0 heterocycles. The van der Waals surface area contributed by atoms with Gasteiger partial charge < -0.3 is 0 Å². The summed E-state index contributed by atoms with van der Waals surface area (Å²) < 4.78 is 0. The molecule has 0 aliphatic heterocycles. The third-order valence-electron chi connectivity index (χ3n) is 5.67. The quantitative estimate of drug-likeness (QED) is 0.458. The molecule has 1 aliphatic rings. The van der Waals surface area contributed by atoms with Gasteiger partial charge in [0.25, 0.3) is 0 Å². The monoisotopic (exact) mass is 332 g/mol. The number of benzene rings is 2. The zero-order valence-corrected chi connectivity index (χ0v) is 15.7. The van der Waals surface area contributed by atoms with Gasteiger partial charge in [0.2, 0.25) is 0 Å². The molecule has 2 aromatic rings. The molecule has 2 aromatic carbocycles. The maximum atomic E-state index is 3.82. The van der Waals surface area contributed by atoms with Crippen LogP contribution in [0.25, 0.3) is 10.8 Å². The fraction of sp³-hybridized carbons (Fsp3) is 0.440. The van der Waals surface area contributed by atoms with Gasteiger partial charge in [0.15, 0.2) is 0 Å². The van der Waals surface area contributed by atoms with E-state index in [1.807, 2.05) is 6.08 Å². The molecule has 0 saturated heterocycles. The van der Waals surface area contributed by atoms with Crippen molar-refractivity contribution in [3.8, 4) is 0 Å². The second-order valence-electron chi connectivity index (χ2n) is 7.60. The molecular weight excluding hydrogens is 300 g/mol. The van der Waals surface area contributed by atoms with E-state index in [1.165, 1.54) is 54.9 Å². The van der Waals surface area contributed by atoms with Gasteiger partial charge in [-0.15, -0.1) is 6.58 Å². The van der Waals surface area contributed by atoms with Gasteiger partial charge in [0.1, 0.15) is 0 Å². The highest BCUT2D eigenvalue weighted by atomic mass is 14.3. The number of fused-ring (bicyclic) bond motifs is 1. The van der Waals surface area contributed by atoms with Gasteiger partial charge in [-0.25, -0.2) is 0 Å². The Morgan fingerprint density at radius 3 is 2.48 bits per heavy atom. The number of hydrogen-bond acceptors (Lipinski definition) is 0. The Hall–Kier alpha value is -1.82. The predicted molar refractivity (Wildman–Crippen MR) is 111 cm³/mol. The second kappa shape index (κ2) is 9.04. The molecule has 1 aliphatic carbocycles. The minimum Gasteiger partial charge on any atom is -0.103 e. The molecule has 0 nitrogen and oxygen atoms in total. The summed E-state index contributed by atoms with van der Waals surface area (Å²) >= 11 is 0. The molecule has 0 bridgehead atoms. The van der Waals surface area contributed by atoms with Crippen LogP contribution in [0.4, 0.5) is 0 Å². The molecule has 0 atom stereocenters. The van der Waals surface area contributed by atoms with Gasteiger partial charge in [0.05, 0.1) is 0 Å². The lowest BCUT2D eigenvalue weighted by Gasteiger charge is -2.27. The van der Waals surface area contributed by atoms with Crippen molar-refractivity contribution in [1.29, 1.82) is 0 Å². The van der Waals surface area contributed by atoms with Crippen molar-refractivity contribution in [1.82, 2.24) is 0 Å². The van der Waals surface area contributed by atoms with Crippen molar-refractivity contribution in [3.05, 3.63) is 72.3 Å². The summed E-state index contributed by atoms with van der Waals surface area (Å²) in [5.41, 5.74) is 2.96. The summed E-state index contributed by atoms with van der Waals surface area (Å²) in [5.74, 6) is 1.57. The Morgan fingerprint density at radius 1 is 0.960 bits per heavy atom. The molecular formula is C25H32. The third-order valence-corrected chi connectivity index (χ3v) is 5.67. The normalized spacial score (nSPS) is 21.0. The zero-order chi connectivity index (χ0) is 17.5. The molecule has 25 heavy (non-hydrogen) atoms. The highest BCUT2D eigenvalue weighted by molar-refractivity contribution is 5.84. The van der Waals surface area contributed by atoms with Crippen LogP contribution in [0.1, 0.15) is 68.9 Å². The predicted octanol–water partition coefficient (Wildman–Crippen LogP) is 7.59. The van der Waals surface area contributed by atoms with Crippen molar-refractivity contribution in [2.75, 3.05) is 0 Å². The van der Waals surface area contributed by atoms with Crippen molar-refractivity contribution in [2.45, 2.75) is 64.2 Å². The Bertz CT molecular complexity index is 714. The van der Waals surface area contributed by atoms with E-state index >= 15 is 0 Å². The first-order valence-electron chi connectivity index (χ1n) is 10.1. The summed E-state index contributed by atoms with van der Waals surface area (Å²) in [4.78, 5) is 0. The molecule has 0 radical (unpaired) electrons. The largest absolute Gasteiger partial charge is 0.103 e. The van der Waals surface area contributed by atoms with Crippen LogP contribution in [0.2, 0.25) is 0 Å². The topological polar surface area (TPSA) is 0 Å². The molecule has 1 fully saturated rings. The van der Waals surface area contributed by atoms with E-state index in [0.717, 1.165) is 24.7 Å². The SMILES string of the molecule is C=CCCc1ccc2cc(C3CCC(/C=C/CCC)CC3)ccc2c1. The molecule has 132 valence electrons. The first-order valence-corrected chi connectivity index (χ1v) is 10.1. The van der Waals surface area contributed by atoms with E-state index in [0.29, 0.717) is 0 Å². The van der Waals surface area contributed by atoms with E-state index in [4.69, 9.17) is 0 Å². The van der Waals surface area contributed by atoms with E-state index < -0.39 is 0 Å². The van der Waals surface area contributed by atoms with Crippen LogP contribution < -0.4 is 0 Å². The average Bonchev–Trinajstić information content (AvgIpc) is 2.66. The Morgan fingerprint density at radius 2 is 1.72 bits per heavy atom. The molecule has 0 aromatic heterocycles. The van der Waals surface area contributed by atoms with E-state index in [-0.39, 0.29) is 0 Å². The second-order valence-corrected chi connectivity index (χ2v) is 7.60. The fourth-order valence-corrected chi connectivity index (χ4v) is 4.09. The Labute approximate surface area is 153 Å².